The first-order valence-corrected chi connectivity index (χ1v) is 14.6. The smallest absolute Gasteiger partial charge is 0.0605 e. The summed E-state index contributed by atoms with van der Waals surface area (Å²) in [6.45, 7) is 8.66. The highest BCUT2D eigenvalue weighted by Crippen LogP contribution is 2.52. The molecule has 2 aliphatic carbocycles. The van der Waals surface area contributed by atoms with Crippen molar-refractivity contribution in [3.63, 3.8) is 0 Å². The molecule has 0 atom stereocenters. The summed E-state index contributed by atoms with van der Waals surface area (Å²) in [5, 5.41) is 0. The van der Waals surface area contributed by atoms with Crippen LogP contribution in [0.3, 0.4) is 0 Å². The summed E-state index contributed by atoms with van der Waals surface area (Å²) in [6, 6.07) is 7.49. The van der Waals surface area contributed by atoms with E-state index in [0.29, 0.717) is 11.5 Å². The molecule has 2 heterocycles. The van der Waals surface area contributed by atoms with E-state index in [1.807, 2.05) is 14.2 Å². The molecule has 0 aromatic heterocycles. The molecule has 4 fully saturated rings. The van der Waals surface area contributed by atoms with E-state index in [2.05, 4.69) is 32.9 Å². The molecule has 0 N–H and O–H groups in total. The standard InChI is InChI=1S/C30H49N3O2.ClH/c1-34-23-22-31-18-20-33(21-19-31)29-7-6-26(32-16-10-27(35-2)11-17-32)24-28(29)25-8-14-30(15-9-25)12-4-3-5-13-30;/h6-7,24-25,27H,3-5,8-23H2,1-2H3;1H. The largest absolute Gasteiger partial charge is 0.383 e. The van der Waals surface area contributed by atoms with Crippen LogP contribution in [0.15, 0.2) is 18.2 Å². The van der Waals surface area contributed by atoms with Crippen molar-refractivity contribution in [1.29, 1.82) is 0 Å². The van der Waals surface area contributed by atoms with Crippen molar-refractivity contribution >= 4 is 23.8 Å². The van der Waals surface area contributed by atoms with E-state index in [0.717, 1.165) is 71.2 Å². The molecule has 2 aliphatic heterocycles. The van der Waals surface area contributed by atoms with E-state index >= 15 is 0 Å². The number of hydrogen-bond donors (Lipinski definition) is 0. The monoisotopic (exact) mass is 519 g/mol. The zero-order chi connectivity index (χ0) is 24.1. The topological polar surface area (TPSA) is 28.2 Å². The predicted octanol–water partition coefficient (Wildman–Crippen LogP) is 6.10. The number of anilines is 2. The van der Waals surface area contributed by atoms with Crippen LogP contribution in [-0.4, -0.2) is 77.6 Å². The Morgan fingerprint density at radius 2 is 1.50 bits per heavy atom. The van der Waals surface area contributed by atoms with E-state index in [4.69, 9.17) is 9.47 Å². The van der Waals surface area contributed by atoms with Crippen molar-refractivity contribution in [2.24, 2.45) is 5.41 Å². The summed E-state index contributed by atoms with van der Waals surface area (Å²) in [5.74, 6) is 0.723. The number of methoxy groups -OCH3 is 2. The quantitative estimate of drug-likeness (QED) is 0.434. The number of piperidine rings is 1. The van der Waals surface area contributed by atoms with Crippen molar-refractivity contribution in [1.82, 2.24) is 4.90 Å². The van der Waals surface area contributed by atoms with Crippen LogP contribution in [0, 0.1) is 5.41 Å². The lowest BCUT2D eigenvalue weighted by atomic mass is 9.62. The third-order valence-electron chi connectivity index (χ3n) is 9.88. The van der Waals surface area contributed by atoms with Gasteiger partial charge in [-0.1, -0.05) is 19.3 Å². The first-order valence-electron chi connectivity index (χ1n) is 14.6. The Balaban J connectivity index is 0.00000304. The third kappa shape index (κ3) is 6.51. The van der Waals surface area contributed by atoms with Gasteiger partial charge in [0.25, 0.3) is 0 Å². The minimum Gasteiger partial charge on any atom is -0.383 e. The Morgan fingerprint density at radius 1 is 0.806 bits per heavy atom. The lowest BCUT2D eigenvalue weighted by Gasteiger charge is -2.44. The molecule has 6 heteroatoms. The van der Waals surface area contributed by atoms with Crippen LogP contribution in [0.5, 0.6) is 0 Å². The summed E-state index contributed by atoms with van der Waals surface area (Å²) >= 11 is 0. The van der Waals surface area contributed by atoms with Crippen LogP contribution >= 0.6 is 12.4 Å². The number of benzene rings is 1. The number of halogens is 1. The lowest BCUT2D eigenvalue weighted by Crippen LogP contribution is -2.47. The van der Waals surface area contributed by atoms with Crippen molar-refractivity contribution in [3.05, 3.63) is 23.8 Å². The van der Waals surface area contributed by atoms with Crippen LogP contribution in [-0.2, 0) is 9.47 Å². The van der Waals surface area contributed by atoms with Crippen molar-refractivity contribution in [2.75, 3.05) is 76.4 Å². The Bertz CT molecular complexity index is 789. The zero-order valence-corrected chi connectivity index (χ0v) is 23.7. The number of rotatable bonds is 7. The van der Waals surface area contributed by atoms with E-state index in [-0.39, 0.29) is 12.4 Å². The first kappa shape index (κ1) is 28.0. The number of hydrogen-bond acceptors (Lipinski definition) is 5. The SMILES string of the molecule is COCCN1CCN(c2ccc(N3CCC(OC)CC3)cc2C2CCC3(CCCCC3)CC2)CC1.Cl. The first-order chi connectivity index (χ1) is 17.2. The minimum atomic E-state index is 0. The lowest BCUT2D eigenvalue weighted by molar-refractivity contribution is 0.0819. The van der Waals surface area contributed by atoms with Crippen LogP contribution in [0.4, 0.5) is 11.4 Å². The summed E-state index contributed by atoms with van der Waals surface area (Å²) in [6.07, 6.45) is 15.8. The average molecular weight is 520 g/mol. The molecule has 0 radical (unpaired) electrons. The van der Waals surface area contributed by atoms with E-state index in [1.54, 1.807) is 5.56 Å². The van der Waals surface area contributed by atoms with Crippen molar-refractivity contribution in [3.8, 4) is 0 Å². The highest BCUT2D eigenvalue weighted by molar-refractivity contribution is 5.85. The third-order valence-corrected chi connectivity index (χ3v) is 9.88. The highest BCUT2D eigenvalue weighted by atomic mass is 35.5. The number of nitrogens with zero attached hydrogens (tertiary/aromatic N) is 3. The van der Waals surface area contributed by atoms with Crippen molar-refractivity contribution < 1.29 is 9.47 Å². The summed E-state index contributed by atoms with van der Waals surface area (Å²) in [5.41, 5.74) is 5.29. The Morgan fingerprint density at radius 3 is 2.14 bits per heavy atom. The molecule has 0 bridgehead atoms. The average Bonchev–Trinajstić information content (AvgIpc) is 2.93. The molecular weight excluding hydrogens is 470 g/mol. The molecular formula is C30H50ClN3O2. The van der Waals surface area contributed by atoms with Crippen LogP contribution < -0.4 is 9.80 Å². The molecule has 5 nitrogen and oxygen atoms in total. The van der Waals surface area contributed by atoms with Gasteiger partial charge in [0.05, 0.1) is 12.7 Å². The number of piperazine rings is 1. The van der Waals surface area contributed by atoms with Gasteiger partial charge < -0.3 is 19.3 Å². The molecule has 4 aliphatic rings. The van der Waals surface area contributed by atoms with E-state index in [9.17, 15) is 0 Å². The second kappa shape index (κ2) is 13.2. The van der Waals surface area contributed by atoms with Crippen LogP contribution in [0.25, 0.3) is 0 Å². The fraction of sp³-hybridized carbons (Fsp3) is 0.800. The second-order valence-corrected chi connectivity index (χ2v) is 11.8. The molecule has 2 saturated carbocycles. The summed E-state index contributed by atoms with van der Waals surface area (Å²) < 4.78 is 11.0. The molecule has 2 saturated heterocycles. The maximum Gasteiger partial charge on any atom is 0.0605 e. The minimum absolute atomic E-state index is 0. The van der Waals surface area contributed by atoms with E-state index < -0.39 is 0 Å². The molecule has 1 spiro atoms. The number of ether oxygens (including phenoxy) is 2. The fourth-order valence-corrected chi connectivity index (χ4v) is 7.48. The van der Waals surface area contributed by atoms with Gasteiger partial charge in [0.15, 0.2) is 0 Å². The van der Waals surface area contributed by atoms with Crippen molar-refractivity contribution in [2.45, 2.75) is 82.7 Å². The van der Waals surface area contributed by atoms with Gasteiger partial charge in [0, 0.05) is 71.4 Å². The molecule has 0 amide bonds. The second-order valence-electron chi connectivity index (χ2n) is 11.8. The van der Waals surface area contributed by atoms with E-state index in [1.165, 1.54) is 69.2 Å². The van der Waals surface area contributed by atoms with Gasteiger partial charge >= 0.3 is 0 Å². The molecule has 0 unspecified atom stereocenters. The maximum absolute atomic E-state index is 5.64. The fourth-order valence-electron chi connectivity index (χ4n) is 7.48. The zero-order valence-electron chi connectivity index (χ0n) is 22.9. The summed E-state index contributed by atoms with van der Waals surface area (Å²) in [7, 11) is 3.67. The van der Waals surface area contributed by atoms with Gasteiger partial charge in [0.1, 0.15) is 0 Å². The molecule has 1 aromatic carbocycles. The summed E-state index contributed by atoms with van der Waals surface area (Å²) in [4.78, 5) is 7.85. The van der Waals surface area contributed by atoms with Gasteiger partial charge in [-0.25, -0.2) is 0 Å². The van der Waals surface area contributed by atoms with Gasteiger partial charge in [-0.15, -0.1) is 12.4 Å². The van der Waals surface area contributed by atoms with Crippen LogP contribution in [0.2, 0.25) is 0 Å². The highest BCUT2D eigenvalue weighted by Gasteiger charge is 2.37. The van der Waals surface area contributed by atoms with Gasteiger partial charge in [-0.05, 0) is 86.5 Å². The Labute approximate surface area is 226 Å². The Hall–Kier alpha value is -1.01. The normalized spacial score (nSPS) is 24.2. The van der Waals surface area contributed by atoms with Gasteiger partial charge in [-0.3, -0.25) is 4.90 Å². The Kier molecular flexibility index (Phi) is 10.3. The maximum atomic E-state index is 5.64. The van der Waals surface area contributed by atoms with Gasteiger partial charge in [-0.2, -0.15) is 0 Å². The predicted molar refractivity (Wildman–Crippen MR) is 153 cm³/mol. The van der Waals surface area contributed by atoms with Crippen LogP contribution in [0.1, 0.15) is 82.1 Å². The molecule has 204 valence electrons. The molecule has 5 rings (SSSR count). The molecule has 1 aromatic rings. The van der Waals surface area contributed by atoms with Gasteiger partial charge in [0.2, 0.25) is 0 Å². The molecule has 36 heavy (non-hydrogen) atoms.